The highest BCUT2D eigenvalue weighted by molar-refractivity contribution is 4.83. The van der Waals surface area contributed by atoms with Gasteiger partial charge >= 0.3 is 0 Å². The van der Waals surface area contributed by atoms with E-state index in [2.05, 4.69) is 45.0 Å². The lowest BCUT2D eigenvalue weighted by molar-refractivity contribution is 0.111. The molecule has 3 unspecified atom stereocenters. The zero-order chi connectivity index (χ0) is 11.4. The average Bonchev–Trinajstić information content (AvgIpc) is 2.20. The Bertz CT molecular complexity index is 179. The van der Waals surface area contributed by atoms with Gasteiger partial charge < -0.3 is 10.2 Å². The fourth-order valence-corrected chi connectivity index (χ4v) is 2.33. The van der Waals surface area contributed by atoms with Crippen LogP contribution in [-0.4, -0.2) is 37.1 Å². The molecule has 0 amide bonds. The molecule has 0 aromatic carbocycles. The summed E-state index contributed by atoms with van der Waals surface area (Å²) in [5.41, 5.74) is 0. The lowest BCUT2D eigenvalue weighted by atomic mass is 9.93. The van der Waals surface area contributed by atoms with Crippen molar-refractivity contribution < 1.29 is 0 Å². The van der Waals surface area contributed by atoms with E-state index in [1.54, 1.807) is 0 Å². The van der Waals surface area contributed by atoms with Crippen molar-refractivity contribution in [1.29, 1.82) is 0 Å². The van der Waals surface area contributed by atoms with Crippen molar-refractivity contribution in [1.82, 2.24) is 10.2 Å². The van der Waals surface area contributed by atoms with Crippen LogP contribution in [0.4, 0.5) is 0 Å². The van der Waals surface area contributed by atoms with Crippen LogP contribution in [0.5, 0.6) is 0 Å². The summed E-state index contributed by atoms with van der Waals surface area (Å²) in [7, 11) is 2.09. The number of nitrogens with one attached hydrogen (secondary N) is 1. The molecule has 0 radical (unpaired) electrons. The SMILES string of the molecule is CNC1CCN(CC(C)C(C)C)C(C)C1. The highest BCUT2D eigenvalue weighted by Gasteiger charge is 2.25. The first kappa shape index (κ1) is 13.0. The summed E-state index contributed by atoms with van der Waals surface area (Å²) in [6.07, 6.45) is 2.62. The maximum Gasteiger partial charge on any atom is 0.00910 e. The fourth-order valence-electron chi connectivity index (χ4n) is 2.33. The van der Waals surface area contributed by atoms with Gasteiger partial charge in [0.1, 0.15) is 0 Å². The molecule has 0 aromatic rings. The Labute approximate surface area is 95.4 Å². The number of hydrogen-bond acceptors (Lipinski definition) is 2. The minimum absolute atomic E-state index is 0.741. The summed E-state index contributed by atoms with van der Waals surface area (Å²) in [4.78, 5) is 2.67. The molecule has 3 atom stereocenters. The van der Waals surface area contributed by atoms with Crippen LogP contribution in [0.15, 0.2) is 0 Å². The normalized spacial score (nSPS) is 30.8. The van der Waals surface area contributed by atoms with Crippen molar-refractivity contribution in [2.75, 3.05) is 20.1 Å². The van der Waals surface area contributed by atoms with Crippen molar-refractivity contribution >= 4 is 0 Å². The van der Waals surface area contributed by atoms with Crippen molar-refractivity contribution in [3.05, 3.63) is 0 Å². The summed E-state index contributed by atoms with van der Waals surface area (Å²) >= 11 is 0. The van der Waals surface area contributed by atoms with Crippen LogP contribution in [0.1, 0.15) is 40.5 Å². The predicted molar refractivity (Wildman–Crippen MR) is 67.1 cm³/mol. The molecule has 0 spiro atoms. The first-order valence-electron chi connectivity index (χ1n) is 6.46. The highest BCUT2D eigenvalue weighted by atomic mass is 15.2. The molecule has 1 fully saturated rings. The van der Waals surface area contributed by atoms with Crippen molar-refractivity contribution in [3.8, 4) is 0 Å². The molecule has 15 heavy (non-hydrogen) atoms. The molecule has 2 heteroatoms. The first-order chi connectivity index (χ1) is 7.04. The molecule has 1 heterocycles. The Kier molecular flexibility index (Phi) is 5.07. The lowest BCUT2D eigenvalue weighted by Gasteiger charge is -2.39. The third-order valence-electron chi connectivity index (χ3n) is 4.08. The maximum absolute atomic E-state index is 3.40. The minimum atomic E-state index is 0.741. The molecule has 0 aromatic heterocycles. The van der Waals surface area contributed by atoms with E-state index in [0.717, 1.165) is 23.9 Å². The van der Waals surface area contributed by atoms with Gasteiger partial charge in [-0.2, -0.15) is 0 Å². The Hall–Kier alpha value is -0.0800. The van der Waals surface area contributed by atoms with E-state index < -0.39 is 0 Å². The maximum atomic E-state index is 3.40. The van der Waals surface area contributed by atoms with Gasteiger partial charge in [-0.15, -0.1) is 0 Å². The van der Waals surface area contributed by atoms with Crippen LogP contribution in [0, 0.1) is 11.8 Å². The monoisotopic (exact) mass is 212 g/mol. The van der Waals surface area contributed by atoms with Crippen LogP contribution in [0.25, 0.3) is 0 Å². The Balaban J connectivity index is 2.37. The number of piperidine rings is 1. The average molecular weight is 212 g/mol. The van der Waals surface area contributed by atoms with Gasteiger partial charge in [0.15, 0.2) is 0 Å². The summed E-state index contributed by atoms with van der Waals surface area (Å²) < 4.78 is 0. The highest BCUT2D eigenvalue weighted by Crippen LogP contribution is 2.20. The molecular formula is C13H28N2. The zero-order valence-corrected chi connectivity index (χ0v) is 11.1. The van der Waals surface area contributed by atoms with Crippen LogP contribution < -0.4 is 5.32 Å². The number of nitrogens with zero attached hydrogens (tertiary/aromatic N) is 1. The fraction of sp³-hybridized carbons (Fsp3) is 1.00. The molecule has 0 saturated carbocycles. The van der Waals surface area contributed by atoms with Gasteiger partial charge in [0.25, 0.3) is 0 Å². The summed E-state index contributed by atoms with van der Waals surface area (Å²) in [6, 6.07) is 1.49. The first-order valence-corrected chi connectivity index (χ1v) is 6.46. The number of hydrogen-bond donors (Lipinski definition) is 1. The van der Waals surface area contributed by atoms with Crippen molar-refractivity contribution in [2.24, 2.45) is 11.8 Å². The second-order valence-electron chi connectivity index (χ2n) is 5.58. The van der Waals surface area contributed by atoms with E-state index in [-0.39, 0.29) is 0 Å². The van der Waals surface area contributed by atoms with E-state index >= 15 is 0 Å². The van der Waals surface area contributed by atoms with Crippen LogP contribution in [-0.2, 0) is 0 Å². The van der Waals surface area contributed by atoms with Gasteiger partial charge in [-0.25, -0.2) is 0 Å². The van der Waals surface area contributed by atoms with E-state index in [1.807, 2.05) is 0 Å². The minimum Gasteiger partial charge on any atom is -0.317 e. The largest absolute Gasteiger partial charge is 0.317 e. The van der Waals surface area contributed by atoms with Crippen LogP contribution >= 0.6 is 0 Å². The number of rotatable bonds is 4. The molecule has 1 N–H and O–H groups in total. The third-order valence-corrected chi connectivity index (χ3v) is 4.08. The van der Waals surface area contributed by atoms with Gasteiger partial charge in [0.05, 0.1) is 0 Å². The molecule has 0 bridgehead atoms. The van der Waals surface area contributed by atoms with Gasteiger partial charge in [-0.1, -0.05) is 20.8 Å². The molecule has 1 saturated heterocycles. The summed E-state index contributed by atoms with van der Waals surface area (Å²) in [6.45, 7) is 11.9. The van der Waals surface area contributed by atoms with Crippen molar-refractivity contribution in [2.45, 2.75) is 52.6 Å². The molecule has 90 valence electrons. The van der Waals surface area contributed by atoms with Crippen molar-refractivity contribution in [3.63, 3.8) is 0 Å². The lowest BCUT2D eigenvalue weighted by Crippen LogP contribution is -2.48. The third kappa shape index (κ3) is 3.76. The zero-order valence-electron chi connectivity index (χ0n) is 11.1. The second-order valence-corrected chi connectivity index (χ2v) is 5.58. The molecule has 0 aliphatic carbocycles. The van der Waals surface area contributed by atoms with Gasteiger partial charge in [0.2, 0.25) is 0 Å². The molecule has 1 aliphatic rings. The van der Waals surface area contributed by atoms with Gasteiger partial charge in [-0.05, 0) is 45.2 Å². The molecule has 1 aliphatic heterocycles. The number of likely N-dealkylation sites (tertiary alicyclic amines) is 1. The van der Waals surface area contributed by atoms with E-state index in [9.17, 15) is 0 Å². The smallest absolute Gasteiger partial charge is 0.00910 e. The molecular weight excluding hydrogens is 184 g/mol. The van der Waals surface area contributed by atoms with Gasteiger partial charge in [-0.3, -0.25) is 0 Å². The van der Waals surface area contributed by atoms with E-state index in [4.69, 9.17) is 0 Å². The molecule has 1 rings (SSSR count). The topological polar surface area (TPSA) is 15.3 Å². The Morgan fingerprint density at radius 3 is 2.47 bits per heavy atom. The quantitative estimate of drug-likeness (QED) is 0.769. The standard InChI is InChI=1S/C13H28N2/c1-10(2)11(3)9-15-7-6-13(14-5)8-12(15)4/h10-14H,6-9H2,1-5H3. The van der Waals surface area contributed by atoms with E-state index in [1.165, 1.54) is 25.9 Å². The predicted octanol–water partition coefficient (Wildman–Crippen LogP) is 2.35. The second kappa shape index (κ2) is 5.86. The van der Waals surface area contributed by atoms with Crippen LogP contribution in [0.2, 0.25) is 0 Å². The van der Waals surface area contributed by atoms with Gasteiger partial charge in [0, 0.05) is 18.6 Å². The Morgan fingerprint density at radius 2 is 2.00 bits per heavy atom. The summed E-state index contributed by atoms with van der Waals surface area (Å²) in [5.74, 6) is 1.62. The molecule has 2 nitrogen and oxygen atoms in total. The van der Waals surface area contributed by atoms with E-state index in [0.29, 0.717) is 0 Å². The van der Waals surface area contributed by atoms with Crippen LogP contribution in [0.3, 0.4) is 0 Å². The summed E-state index contributed by atoms with van der Waals surface area (Å²) in [5, 5.41) is 3.40. The Morgan fingerprint density at radius 1 is 1.33 bits per heavy atom.